The molecule has 4 nitrogen and oxygen atoms in total. The second-order valence-electron chi connectivity index (χ2n) is 4.44. The summed E-state index contributed by atoms with van der Waals surface area (Å²) in [5.74, 6) is 0.773. The quantitative estimate of drug-likeness (QED) is 0.691. The van der Waals surface area contributed by atoms with E-state index >= 15 is 0 Å². The predicted molar refractivity (Wildman–Crippen MR) is 82.7 cm³/mol. The van der Waals surface area contributed by atoms with Gasteiger partial charge in [-0.05, 0) is 51.8 Å². The Morgan fingerprint density at radius 3 is 1.80 bits per heavy atom. The van der Waals surface area contributed by atoms with Crippen molar-refractivity contribution >= 4 is 14.0 Å². The number of aryl methyl sites for hydroxylation is 1. The molecule has 0 bridgehead atoms. The van der Waals surface area contributed by atoms with Crippen LogP contribution in [0.25, 0.3) is 0 Å². The molecule has 0 saturated heterocycles. The monoisotopic (exact) mass is 298 g/mol. The first kappa shape index (κ1) is 17.2. The molecule has 5 heteroatoms. The molecule has 0 radical (unpaired) electrons. The summed E-state index contributed by atoms with van der Waals surface area (Å²) in [5.41, 5.74) is 2.29. The molecule has 0 aliphatic carbocycles. The molecule has 0 aliphatic heterocycles. The molecule has 0 N–H and O–H groups in total. The molecule has 114 valence electrons. The lowest BCUT2D eigenvalue weighted by Gasteiger charge is -2.31. The van der Waals surface area contributed by atoms with E-state index in [0.29, 0.717) is 19.8 Å². The van der Waals surface area contributed by atoms with Gasteiger partial charge in [0.25, 0.3) is 0 Å². The third-order valence-corrected chi connectivity index (χ3v) is 6.47. The Morgan fingerprint density at radius 1 is 0.900 bits per heavy atom. The van der Waals surface area contributed by atoms with Crippen LogP contribution in [0.1, 0.15) is 31.9 Å². The van der Waals surface area contributed by atoms with Crippen molar-refractivity contribution in [2.75, 3.05) is 26.9 Å². The van der Waals surface area contributed by atoms with Crippen molar-refractivity contribution in [3.05, 3.63) is 23.3 Å². The molecule has 0 atom stereocenters. The zero-order valence-electron chi connectivity index (χ0n) is 13.4. The van der Waals surface area contributed by atoms with E-state index in [0.717, 1.165) is 16.5 Å². The van der Waals surface area contributed by atoms with Crippen LogP contribution in [0.3, 0.4) is 0 Å². The molecule has 1 aromatic rings. The average molecular weight is 298 g/mol. The van der Waals surface area contributed by atoms with Gasteiger partial charge in [-0.25, -0.2) is 0 Å². The van der Waals surface area contributed by atoms with Crippen LogP contribution in [0.2, 0.25) is 0 Å². The van der Waals surface area contributed by atoms with Crippen LogP contribution in [0, 0.1) is 13.8 Å². The molecule has 0 aromatic heterocycles. The van der Waals surface area contributed by atoms with Gasteiger partial charge in [0.2, 0.25) is 0 Å². The summed E-state index contributed by atoms with van der Waals surface area (Å²) < 4.78 is 23.5. The molecule has 0 unspecified atom stereocenters. The van der Waals surface area contributed by atoms with Crippen molar-refractivity contribution in [2.24, 2.45) is 0 Å². The van der Waals surface area contributed by atoms with Crippen LogP contribution in [0.4, 0.5) is 0 Å². The highest BCUT2D eigenvalue weighted by Crippen LogP contribution is 2.22. The largest absolute Gasteiger partial charge is 0.541 e. The number of hydrogen-bond donors (Lipinski definition) is 0. The van der Waals surface area contributed by atoms with E-state index in [-0.39, 0.29) is 0 Å². The molecule has 0 saturated carbocycles. The molecular weight excluding hydrogens is 272 g/mol. The number of ether oxygens (including phenoxy) is 1. The van der Waals surface area contributed by atoms with Gasteiger partial charge in [0, 0.05) is 19.8 Å². The molecule has 1 aromatic carbocycles. The highest BCUT2D eigenvalue weighted by Gasteiger charge is 2.47. The number of benzene rings is 1. The Bertz CT molecular complexity index is 417. The minimum absolute atomic E-state index is 0.544. The van der Waals surface area contributed by atoms with E-state index in [1.54, 1.807) is 7.11 Å². The standard InChI is InChI=1S/C15H26O4Si/c1-7-17-20(18-8-2,19-9-3)15-13(5)12(4)10-11-14(15)16-6/h10-11H,7-9H2,1-6H3. The van der Waals surface area contributed by atoms with Crippen molar-refractivity contribution in [1.82, 2.24) is 0 Å². The summed E-state index contributed by atoms with van der Waals surface area (Å²) in [5, 5.41) is 0.950. The van der Waals surface area contributed by atoms with Crippen LogP contribution in [0.5, 0.6) is 5.75 Å². The van der Waals surface area contributed by atoms with Gasteiger partial charge in [-0.3, -0.25) is 0 Å². The predicted octanol–water partition coefficient (Wildman–Crippen LogP) is 2.57. The lowest BCUT2D eigenvalue weighted by Crippen LogP contribution is -2.58. The number of rotatable bonds is 8. The van der Waals surface area contributed by atoms with Gasteiger partial charge in [0.05, 0.1) is 12.3 Å². The molecular formula is C15H26O4Si. The van der Waals surface area contributed by atoms with E-state index in [1.807, 2.05) is 32.9 Å². The SMILES string of the molecule is CCO[Si](OCC)(OCC)c1c(OC)ccc(C)c1C. The van der Waals surface area contributed by atoms with Crippen LogP contribution < -0.4 is 9.92 Å². The first-order valence-electron chi connectivity index (χ1n) is 7.12. The molecule has 0 heterocycles. The fourth-order valence-corrected chi connectivity index (χ4v) is 5.22. The minimum atomic E-state index is -2.94. The van der Waals surface area contributed by atoms with Crippen molar-refractivity contribution in [3.63, 3.8) is 0 Å². The summed E-state index contributed by atoms with van der Waals surface area (Å²) in [7, 11) is -1.27. The fraction of sp³-hybridized carbons (Fsp3) is 0.600. The number of hydrogen-bond acceptors (Lipinski definition) is 4. The highest BCUT2D eigenvalue weighted by molar-refractivity contribution is 6.76. The third-order valence-electron chi connectivity index (χ3n) is 3.23. The van der Waals surface area contributed by atoms with Crippen molar-refractivity contribution in [1.29, 1.82) is 0 Å². The van der Waals surface area contributed by atoms with Crippen LogP contribution in [-0.2, 0) is 13.3 Å². The summed E-state index contributed by atoms with van der Waals surface area (Å²) in [6.07, 6.45) is 0. The minimum Gasteiger partial charge on any atom is -0.497 e. The summed E-state index contributed by atoms with van der Waals surface area (Å²) in [6, 6.07) is 4.00. The lowest BCUT2D eigenvalue weighted by atomic mass is 10.1. The van der Waals surface area contributed by atoms with Gasteiger partial charge in [-0.1, -0.05) is 6.07 Å². The van der Waals surface area contributed by atoms with E-state index in [9.17, 15) is 0 Å². The van der Waals surface area contributed by atoms with Crippen molar-refractivity contribution in [2.45, 2.75) is 34.6 Å². The van der Waals surface area contributed by atoms with Crippen LogP contribution >= 0.6 is 0 Å². The zero-order valence-corrected chi connectivity index (χ0v) is 14.4. The Kier molecular flexibility index (Phi) is 6.68. The molecule has 0 aliphatic rings. The first-order valence-corrected chi connectivity index (χ1v) is 8.85. The third kappa shape index (κ3) is 3.41. The van der Waals surface area contributed by atoms with Crippen molar-refractivity contribution in [3.8, 4) is 5.75 Å². The molecule has 0 fully saturated rings. The van der Waals surface area contributed by atoms with Gasteiger partial charge < -0.3 is 18.0 Å². The maximum absolute atomic E-state index is 5.99. The normalized spacial score (nSPS) is 11.7. The van der Waals surface area contributed by atoms with E-state index in [2.05, 4.69) is 13.8 Å². The van der Waals surface area contributed by atoms with E-state index in [4.69, 9.17) is 18.0 Å². The molecule has 0 amide bonds. The Hall–Kier alpha value is -0.883. The van der Waals surface area contributed by atoms with Crippen LogP contribution in [-0.4, -0.2) is 35.7 Å². The summed E-state index contributed by atoms with van der Waals surface area (Å²) in [6.45, 7) is 11.6. The second kappa shape index (κ2) is 7.78. The smallest absolute Gasteiger partial charge is 0.497 e. The fourth-order valence-electron chi connectivity index (χ4n) is 2.25. The van der Waals surface area contributed by atoms with Crippen LogP contribution in [0.15, 0.2) is 12.1 Å². The maximum atomic E-state index is 5.99. The maximum Gasteiger partial charge on any atom is 0.541 e. The summed E-state index contributed by atoms with van der Waals surface area (Å²) >= 11 is 0. The van der Waals surface area contributed by atoms with Gasteiger partial charge >= 0.3 is 8.80 Å². The van der Waals surface area contributed by atoms with Gasteiger partial charge in [0.1, 0.15) is 5.75 Å². The highest BCUT2D eigenvalue weighted by atomic mass is 28.4. The lowest BCUT2D eigenvalue weighted by molar-refractivity contribution is 0.0852. The molecule has 1 rings (SSSR count). The molecule has 0 spiro atoms. The average Bonchev–Trinajstić information content (AvgIpc) is 2.42. The van der Waals surface area contributed by atoms with E-state index < -0.39 is 8.80 Å². The van der Waals surface area contributed by atoms with E-state index in [1.165, 1.54) is 5.56 Å². The second-order valence-corrected chi connectivity index (χ2v) is 6.92. The zero-order chi connectivity index (χ0) is 15.2. The first-order chi connectivity index (χ1) is 9.56. The Morgan fingerprint density at radius 2 is 1.40 bits per heavy atom. The Labute approximate surface area is 123 Å². The van der Waals surface area contributed by atoms with Gasteiger partial charge in [-0.2, -0.15) is 0 Å². The topological polar surface area (TPSA) is 36.9 Å². The summed E-state index contributed by atoms with van der Waals surface area (Å²) in [4.78, 5) is 0. The number of methoxy groups -OCH3 is 1. The Balaban J connectivity index is 3.48. The molecule has 20 heavy (non-hydrogen) atoms. The van der Waals surface area contributed by atoms with Crippen molar-refractivity contribution < 1.29 is 18.0 Å². The van der Waals surface area contributed by atoms with Gasteiger partial charge in [0.15, 0.2) is 0 Å². The van der Waals surface area contributed by atoms with Gasteiger partial charge in [-0.15, -0.1) is 0 Å².